The lowest BCUT2D eigenvalue weighted by molar-refractivity contribution is 0.368. The molecule has 0 aliphatic heterocycles. The summed E-state index contributed by atoms with van der Waals surface area (Å²) in [5.41, 5.74) is 2.05. The van der Waals surface area contributed by atoms with Crippen LogP contribution in [0.1, 0.15) is 13.8 Å². The van der Waals surface area contributed by atoms with E-state index in [1.54, 1.807) is 0 Å². The van der Waals surface area contributed by atoms with Crippen LogP contribution in [0.2, 0.25) is 0 Å². The monoisotopic (exact) mass is 564 g/mol. The van der Waals surface area contributed by atoms with E-state index in [1.807, 2.05) is 6.07 Å². The molecule has 0 amide bonds. The molecule has 0 spiro atoms. The van der Waals surface area contributed by atoms with Crippen molar-refractivity contribution in [3.8, 4) is 11.3 Å². The lowest BCUT2D eigenvalue weighted by Crippen LogP contribution is -2.40. The third-order valence-corrected chi connectivity index (χ3v) is 10.6. The molecular formula is C31H30BF4N2OP. The molecule has 206 valence electrons. The van der Waals surface area contributed by atoms with Gasteiger partial charge < -0.3 is 26.6 Å². The Kier molecular flexibility index (Phi) is 9.44. The highest BCUT2D eigenvalue weighted by molar-refractivity contribution is 8.01. The van der Waals surface area contributed by atoms with E-state index in [1.165, 1.54) is 15.9 Å². The van der Waals surface area contributed by atoms with E-state index in [-0.39, 0.29) is 0 Å². The lowest BCUT2D eigenvalue weighted by Gasteiger charge is -2.25. The first-order valence-corrected chi connectivity index (χ1v) is 14.8. The maximum atomic E-state index is 9.75. The van der Waals surface area contributed by atoms with E-state index in [2.05, 4.69) is 134 Å². The zero-order valence-electron chi connectivity index (χ0n) is 22.3. The Morgan fingerprint density at radius 3 is 1.32 bits per heavy atom. The van der Waals surface area contributed by atoms with Crippen LogP contribution in [0.25, 0.3) is 11.3 Å². The van der Waals surface area contributed by atoms with Crippen LogP contribution in [-0.4, -0.2) is 25.3 Å². The number of benzene rings is 4. The second-order valence-corrected chi connectivity index (χ2v) is 12.2. The Bertz CT molecular complexity index is 1360. The molecule has 5 rings (SSSR count). The molecule has 4 aromatic carbocycles. The quantitative estimate of drug-likeness (QED) is 0.114. The average molecular weight is 564 g/mol. The summed E-state index contributed by atoms with van der Waals surface area (Å²) in [5.74, 6) is 0.845. The summed E-state index contributed by atoms with van der Waals surface area (Å²) in [6, 6.07) is 43.6. The number of halogens is 4. The smallest absolute Gasteiger partial charge is 0.419 e. The summed E-state index contributed by atoms with van der Waals surface area (Å²) in [4.78, 5) is 7.52. The molecule has 0 N–H and O–H groups in total. The van der Waals surface area contributed by atoms with Crippen molar-refractivity contribution in [2.24, 2.45) is 0 Å². The third-order valence-electron chi connectivity index (χ3n) is 6.42. The summed E-state index contributed by atoms with van der Waals surface area (Å²) in [5, 5.41) is 3.77. The first-order valence-electron chi connectivity index (χ1n) is 13.0. The molecule has 0 unspecified atom stereocenters. The van der Waals surface area contributed by atoms with Crippen LogP contribution in [0, 0.1) is 0 Å². The molecule has 9 heteroatoms. The predicted molar refractivity (Wildman–Crippen MR) is 160 cm³/mol. The van der Waals surface area contributed by atoms with E-state index in [0.29, 0.717) is 6.01 Å². The van der Waals surface area contributed by atoms with Gasteiger partial charge in [0.25, 0.3) is 0 Å². The third kappa shape index (κ3) is 6.45. The van der Waals surface area contributed by atoms with Gasteiger partial charge in [-0.15, -0.1) is 0 Å². The van der Waals surface area contributed by atoms with Crippen LogP contribution in [0.3, 0.4) is 0 Å². The zero-order valence-corrected chi connectivity index (χ0v) is 23.2. The van der Waals surface area contributed by atoms with E-state index in [4.69, 9.17) is 9.40 Å². The first-order chi connectivity index (χ1) is 19.3. The number of rotatable bonds is 8. The second kappa shape index (κ2) is 13.0. The topological polar surface area (TPSA) is 29.3 Å². The minimum atomic E-state index is -6.00. The molecule has 1 heterocycles. The van der Waals surface area contributed by atoms with Crippen LogP contribution in [-0.2, 0) is 0 Å². The number of oxazole rings is 1. The highest BCUT2D eigenvalue weighted by Gasteiger charge is 2.53. The molecule has 0 aliphatic rings. The van der Waals surface area contributed by atoms with E-state index in [0.717, 1.165) is 29.8 Å². The minimum Gasteiger partial charge on any atom is -0.419 e. The molecule has 0 saturated carbocycles. The molecule has 40 heavy (non-hydrogen) atoms. The number of nitrogens with zero attached hydrogens (tertiary/aromatic N) is 2. The molecule has 0 radical (unpaired) electrons. The summed E-state index contributed by atoms with van der Waals surface area (Å²) < 4.78 is 45.7. The van der Waals surface area contributed by atoms with E-state index >= 15 is 0 Å². The molecule has 5 aromatic rings. The van der Waals surface area contributed by atoms with Crippen molar-refractivity contribution < 1.29 is 21.7 Å². The standard InChI is InChI=1S/C31H30N2OP.BF4/c1-3-33(4-2)31-32-30(29(34-31)25-17-9-5-10-18-25)35(26-19-11-6-12-20-26,27-21-13-7-14-22-27)28-23-15-8-16-24-28;2-1(3,4)5/h5-24H,3-4H2,1-2H3;/q+1;-1. The molecule has 0 fully saturated rings. The summed E-state index contributed by atoms with van der Waals surface area (Å²) in [6.45, 7) is 5.95. The van der Waals surface area contributed by atoms with E-state index in [9.17, 15) is 17.3 Å². The van der Waals surface area contributed by atoms with Crippen LogP contribution in [0.15, 0.2) is 126 Å². The molecule has 0 aliphatic carbocycles. The minimum absolute atomic E-state index is 0.677. The van der Waals surface area contributed by atoms with Crippen LogP contribution < -0.4 is 26.2 Å². The van der Waals surface area contributed by atoms with Crippen molar-refractivity contribution >= 4 is 41.9 Å². The highest BCUT2D eigenvalue weighted by Crippen LogP contribution is 2.56. The Balaban J connectivity index is 0.000000681. The van der Waals surface area contributed by atoms with Crippen molar-refractivity contribution in [2.45, 2.75) is 13.8 Å². The van der Waals surface area contributed by atoms with Gasteiger partial charge in [-0.25, -0.2) is 0 Å². The van der Waals surface area contributed by atoms with Gasteiger partial charge in [0, 0.05) is 18.7 Å². The molecule has 0 atom stereocenters. The van der Waals surface area contributed by atoms with Gasteiger partial charge in [0.2, 0.25) is 11.2 Å². The SMILES string of the molecule is CCN(CC)c1nc([P+](c2ccccc2)(c2ccccc2)c2ccccc2)c(-c2ccccc2)o1.F[B-](F)(F)F. The first kappa shape index (κ1) is 29.1. The van der Waals surface area contributed by atoms with Crippen molar-refractivity contribution in [1.82, 2.24) is 4.98 Å². The fraction of sp³-hybridized carbons (Fsp3) is 0.129. The van der Waals surface area contributed by atoms with E-state index < -0.39 is 14.5 Å². The Hall–Kier alpha value is -3.90. The van der Waals surface area contributed by atoms with Gasteiger partial charge in [0.05, 0.1) is 0 Å². The Morgan fingerprint density at radius 2 is 0.975 bits per heavy atom. The molecule has 0 saturated heterocycles. The van der Waals surface area contributed by atoms with Gasteiger partial charge in [-0.2, -0.15) is 4.98 Å². The summed E-state index contributed by atoms with van der Waals surface area (Å²) in [7, 11) is -8.38. The van der Waals surface area contributed by atoms with Crippen molar-refractivity contribution in [3.63, 3.8) is 0 Å². The number of anilines is 1. The fourth-order valence-corrected chi connectivity index (χ4v) is 8.91. The average Bonchev–Trinajstić information content (AvgIpc) is 3.41. The number of hydrogen-bond acceptors (Lipinski definition) is 3. The summed E-state index contributed by atoms with van der Waals surface area (Å²) >= 11 is 0. The van der Waals surface area contributed by atoms with Gasteiger partial charge in [-0.05, 0) is 50.2 Å². The second-order valence-electron chi connectivity index (χ2n) is 8.86. The van der Waals surface area contributed by atoms with Gasteiger partial charge in [-0.3, -0.25) is 0 Å². The summed E-state index contributed by atoms with van der Waals surface area (Å²) in [6.07, 6.45) is 0. The van der Waals surface area contributed by atoms with Crippen molar-refractivity contribution in [2.75, 3.05) is 18.0 Å². The molecule has 0 bridgehead atoms. The molecule has 1 aromatic heterocycles. The number of hydrogen-bond donors (Lipinski definition) is 0. The fourth-order valence-electron chi connectivity index (χ4n) is 4.70. The van der Waals surface area contributed by atoms with Gasteiger partial charge in [0.1, 0.15) is 15.9 Å². The number of aromatic nitrogens is 1. The van der Waals surface area contributed by atoms with Crippen molar-refractivity contribution in [3.05, 3.63) is 121 Å². The maximum absolute atomic E-state index is 9.75. The molecule has 3 nitrogen and oxygen atoms in total. The van der Waals surface area contributed by atoms with Crippen LogP contribution in [0.5, 0.6) is 0 Å². The van der Waals surface area contributed by atoms with Crippen LogP contribution >= 0.6 is 7.26 Å². The zero-order chi connectivity index (χ0) is 28.6. The van der Waals surface area contributed by atoms with Crippen molar-refractivity contribution in [1.29, 1.82) is 0 Å². The Morgan fingerprint density at radius 1 is 0.625 bits per heavy atom. The lowest BCUT2D eigenvalue weighted by atomic mass is 10.2. The largest absolute Gasteiger partial charge is 0.673 e. The maximum Gasteiger partial charge on any atom is 0.673 e. The van der Waals surface area contributed by atoms with Gasteiger partial charge >= 0.3 is 13.3 Å². The van der Waals surface area contributed by atoms with Gasteiger partial charge in [0.15, 0.2) is 7.26 Å². The van der Waals surface area contributed by atoms with Crippen LogP contribution in [0.4, 0.5) is 23.3 Å². The normalized spacial score (nSPS) is 11.4. The predicted octanol–water partition coefficient (Wildman–Crippen LogP) is 7.11. The van der Waals surface area contributed by atoms with Gasteiger partial charge in [-0.1, -0.05) is 84.9 Å². The highest BCUT2D eigenvalue weighted by atomic mass is 31.2. The Labute approximate surface area is 233 Å². The molecular weight excluding hydrogens is 534 g/mol.